The van der Waals surface area contributed by atoms with Gasteiger partial charge in [0.05, 0.1) is 10.6 Å². The maximum absolute atomic E-state index is 13.8. The van der Waals surface area contributed by atoms with Gasteiger partial charge in [-0.2, -0.15) is 0 Å². The Morgan fingerprint density at radius 3 is 1.95 bits per heavy atom. The van der Waals surface area contributed by atoms with E-state index >= 15 is 0 Å². The van der Waals surface area contributed by atoms with Crippen molar-refractivity contribution in [2.45, 2.75) is 38.3 Å². The summed E-state index contributed by atoms with van der Waals surface area (Å²) in [6, 6.07) is 20.2. The third kappa shape index (κ3) is 7.72. The Bertz CT molecular complexity index is 1330. The molecule has 7 nitrogen and oxygen atoms in total. The first-order chi connectivity index (χ1) is 18.0. The lowest BCUT2D eigenvalue weighted by Gasteiger charge is -2.32. The van der Waals surface area contributed by atoms with Gasteiger partial charge in [-0.3, -0.25) is 13.9 Å². The molecule has 0 aromatic heterocycles. The van der Waals surface area contributed by atoms with E-state index in [4.69, 9.17) is 23.2 Å². The fourth-order valence-electron chi connectivity index (χ4n) is 3.68. The zero-order valence-corrected chi connectivity index (χ0v) is 23.8. The van der Waals surface area contributed by atoms with Gasteiger partial charge >= 0.3 is 0 Å². The molecule has 1 atom stereocenters. The summed E-state index contributed by atoms with van der Waals surface area (Å²) in [5.41, 5.74) is 1.07. The highest BCUT2D eigenvalue weighted by molar-refractivity contribution is 7.92. The molecule has 0 bridgehead atoms. The fourth-order valence-corrected chi connectivity index (χ4v) is 5.34. The lowest BCUT2D eigenvalue weighted by Crippen LogP contribution is -2.51. The number of anilines is 1. The third-order valence-electron chi connectivity index (χ3n) is 5.84. The molecule has 0 radical (unpaired) electrons. The first-order valence-corrected chi connectivity index (χ1v) is 14.3. The summed E-state index contributed by atoms with van der Waals surface area (Å²) < 4.78 is 28.4. The summed E-state index contributed by atoms with van der Waals surface area (Å²) in [6.45, 7) is 5.61. The Hall–Kier alpha value is -3.07. The molecule has 202 valence electrons. The Morgan fingerprint density at radius 2 is 1.39 bits per heavy atom. The molecule has 0 heterocycles. The zero-order valence-electron chi connectivity index (χ0n) is 21.5. The van der Waals surface area contributed by atoms with Gasteiger partial charge in [0.25, 0.3) is 10.0 Å². The van der Waals surface area contributed by atoms with Crippen LogP contribution in [0, 0.1) is 5.92 Å². The molecule has 0 saturated carbocycles. The van der Waals surface area contributed by atoms with Crippen molar-refractivity contribution in [3.05, 3.63) is 94.5 Å². The Labute approximate surface area is 234 Å². The molecular weight excluding hydrogens is 545 g/mol. The van der Waals surface area contributed by atoms with E-state index in [-0.39, 0.29) is 23.3 Å². The van der Waals surface area contributed by atoms with Crippen LogP contribution in [0.5, 0.6) is 0 Å². The van der Waals surface area contributed by atoms with Crippen molar-refractivity contribution in [1.82, 2.24) is 10.2 Å². The number of sulfonamides is 1. The highest BCUT2D eigenvalue weighted by Crippen LogP contribution is 2.25. The van der Waals surface area contributed by atoms with Gasteiger partial charge in [-0.15, -0.1) is 0 Å². The quantitative estimate of drug-likeness (QED) is 0.332. The zero-order chi connectivity index (χ0) is 27.9. The Morgan fingerprint density at radius 1 is 0.842 bits per heavy atom. The molecule has 10 heteroatoms. The lowest BCUT2D eigenvalue weighted by atomic mass is 10.1. The molecule has 0 saturated heterocycles. The van der Waals surface area contributed by atoms with Crippen molar-refractivity contribution >= 4 is 50.7 Å². The summed E-state index contributed by atoms with van der Waals surface area (Å²) in [5.74, 6) is -0.633. The van der Waals surface area contributed by atoms with Gasteiger partial charge in [-0.25, -0.2) is 8.42 Å². The van der Waals surface area contributed by atoms with E-state index < -0.39 is 28.5 Å². The minimum atomic E-state index is -4.14. The van der Waals surface area contributed by atoms with Crippen LogP contribution in [0.4, 0.5) is 5.69 Å². The maximum Gasteiger partial charge on any atom is 0.264 e. The number of rotatable bonds is 11. The smallest absolute Gasteiger partial charge is 0.264 e. The number of amides is 2. The molecule has 3 aromatic rings. The summed E-state index contributed by atoms with van der Waals surface area (Å²) >= 11 is 12.0. The molecule has 1 N–H and O–H groups in total. The molecule has 0 aliphatic carbocycles. The molecule has 3 rings (SSSR count). The van der Waals surface area contributed by atoms with Gasteiger partial charge in [-0.1, -0.05) is 67.4 Å². The van der Waals surface area contributed by atoms with Crippen molar-refractivity contribution < 1.29 is 18.0 Å². The highest BCUT2D eigenvalue weighted by Gasteiger charge is 2.32. The van der Waals surface area contributed by atoms with Gasteiger partial charge < -0.3 is 10.2 Å². The third-order valence-corrected chi connectivity index (χ3v) is 8.13. The Balaban J connectivity index is 1.97. The van der Waals surface area contributed by atoms with E-state index in [0.29, 0.717) is 22.3 Å². The minimum Gasteiger partial charge on any atom is -0.354 e. The van der Waals surface area contributed by atoms with Crippen LogP contribution in [0.15, 0.2) is 83.8 Å². The van der Waals surface area contributed by atoms with Gasteiger partial charge in [0.15, 0.2) is 0 Å². The van der Waals surface area contributed by atoms with E-state index in [0.717, 1.165) is 9.87 Å². The van der Waals surface area contributed by atoms with E-state index in [1.807, 2.05) is 13.8 Å². The van der Waals surface area contributed by atoms with Crippen LogP contribution in [0.3, 0.4) is 0 Å². The summed E-state index contributed by atoms with van der Waals surface area (Å²) in [5, 5.41) is 3.79. The first-order valence-electron chi connectivity index (χ1n) is 12.1. The first kappa shape index (κ1) is 29.5. The Kier molecular flexibility index (Phi) is 10.2. The van der Waals surface area contributed by atoms with Crippen molar-refractivity contribution in [3.8, 4) is 0 Å². The number of nitrogens with zero attached hydrogens (tertiary/aromatic N) is 2. The normalized spacial score (nSPS) is 12.2. The average Bonchev–Trinajstić information content (AvgIpc) is 2.90. The molecule has 0 spiro atoms. The largest absolute Gasteiger partial charge is 0.354 e. The van der Waals surface area contributed by atoms with Crippen LogP contribution in [0.2, 0.25) is 10.0 Å². The van der Waals surface area contributed by atoms with Crippen LogP contribution >= 0.6 is 23.2 Å². The van der Waals surface area contributed by atoms with Gasteiger partial charge in [0.1, 0.15) is 12.6 Å². The van der Waals surface area contributed by atoms with Crippen LogP contribution in [0.25, 0.3) is 0 Å². The topological polar surface area (TPSA) is 86.8 Å². The monoisotopic (exact) mass is 575 g/mol. The van der Waals surface area contributed by atoms with E-state index in [1.54, 1.807) is 61.5 Å². The van der Waals surface area contributed by atoms with E-state index in [2.05, 4.69) is 5.32 Å². The van der Waals surface area contributed by atoms with Crippen LogP contribution < -0.4 is 9.62 Å². The summed E-state index contributed by atoms with van der Waals surface area (Å²) in [4.78, 5) is 28.2. The van der Waals surface area contributed by atoms with Gasteiger partial charge in [0, 0.05) is 23.1 Å². The highest BCUT2D eigenvalue weighted by atomic mass is 35.5. The summed E-state index contributed by atoms with van der Waals surface area (Å²) in [7, 11) is -4.14. The number of nitrogens with one attached hydrogen (secondary N) is 1. The fraction of sp³-hybridized carbons (Fsp3) is 0.286. The summed E-state index contributed by atoms with van der Waals surface area (Å²) in [6.07, 6.45) is 0. The average molecular weight is 577 g/mol. The number of para-hydroxylation sites is 1. The number of carbonyl (C=O) groups excluding carboxylic acids is 2. The molecule has 0 unspecified atom stereocenters. The molecule has 2 amide bonds. The second kappa shape index (κ2) is 13.1. The molecule has 38 heavy (non-hydrogen) atoms. The van der Waals surface area contributed by atoms with E-state index in [9.17, 15) is 18.0 Å². The predicted octanol–water partition coefficient (Wildman–Crippen LogP) is 5.38. The standard InChI is InChI=1S/C28H31Cl2N3O4S/c1-20(2)17-31-28(35)21(3)32(18-22-9-11-23(29)12-10-22)27(34)19-33(25-7-5-4-6-8-25)38(36,37)26-15-13-24(30)14-16-26/h4-16,20-21H,17-19H2,1-3H3,(H,31,35)/t21-/m1/s1. The number of hydrogen-bond donors (Lipinski definition) is 1. The second-order valence-corrected chi connectivity index (χ2v) is 12.0. The predicted molar refractivity (Wildman–Crippen MR) is 152 cm³/mol. The van der Waals surface area contributed by atoms with Crippen LogP contribution in [-0.4, -0.2) is 44.3 Å². The maximum atomic E-state index is 13.8. The second-order valence-electron chi connectivity index (χ2n) is 9.26. The van der Waals surface area contributed by atoms with Crippen molar-refractivity contribution in [2.75, 3.05) is 17.4 Å². The van der Waals surface area contributed by atoms with Crippen molar-refractivity contribution in [2.24, 2.45) is 5.92 Å². The lowest BCUT2D eigenvalue weighted by molar-refractivity contribution is -0.139. The SMILES string of the molecule is CC(C)CNC(=O)[C@@H](C)N(Cc1ccc(Cl)cc1)C(=O)CN(c1ccccc1)S(=O)(=O)c1ccc(Cl)cc1. The number of benzene rings is 3. The molecule has 0 aliphatic rings. The molecule has 3 aromatic carbocycles. The van der Waals surface area contributed by atoms with Crippen molar-refractivity contribution in [1.29, 1.82) is 0 Å². The van der Waals surface area contributed by atoms with Crippen LogP contribution in [-0.2, 0) is 26.2 Å². The van der Waals surface area contributed by atoms with Crippen LogP contribution in [0.1, 0.15) is 26.3 Å². The van der Waals surface area contributed by atoms with Gasteiger partial charge in [-0.05, 0) is 66.9 Å². The molecule has 0 fully saturated rings. The number of carbonyl (C=O) groups is 2. The number of hydrogen-bond acceptors (Lipinski definition) is 4. The molecular formula is C28H31Cl2N3O4S. The minimum absolute atomic E-state index is 0.00877. The number of halogens is 2. The van der Waals surface area contributed by atoms with E-state index in [1.165, 1.54) is 29.2 Å². The van der Waals surface area contributed by atoms with Crippen molar-refractivity contribution in [3.63, 3.8) is 0 Å². The van der Waals surface area contributed by atoms with Gasteiger partial charge in [0.2, 0.25) is 11.8 Å². The molecule has 0 aliphatic heterocycles.